The first-order valence-corrected chi connectivity index (χ1v) is 7.34. The molecule has 0 heterocycles. The number of benzene rings is 2. The minimum atomic E-state index is -1.31. The van der Waals surface area contributed by atoms with Crippen molar-refractivity contribution in [3.63, 3.8) is 0 Å². The Morgan fingerprint density at radius 3 is 1.27 bits per heavy atom. The second kappa shape index (κ2) is 7.06. The molecule has 8 nitrogen and oxygen atoms in total. The lowest BCUT2D eigenvalue weighted by Gasteiger charge is -2.18. The number of aromatic carboxylic acids is 4. The van der Waals surface area contributed by atoms with E-state index in [4.69, 9.17) is 10.2 Å². The molecule has 0 fully saturated rings. The van der Waals surface area contributed by atoms with E-state index in [-0.39, 0.29) is 33.4 Å². The highest BCUT2D eigenvalue weighted by atomic mass is 16.4. The van der Waals surface area contributed by atoms with E-state index >= 15 is 0 Å². The molecule has 2 rings (SSSR count). The molecule has 0 unspecified atom stereocenters. The van der Waals surface area contributed by atoms with Crippen LogP contribution in [0.1, 0.15) is 65.4 Å². The minimum absolute atomic E-state index is 0.0717. The first-order chi connectivity index (χ1) is 12.1. The van der Waals surface area contributed by atoms with Crippen molar-refractivity contribution in [2.75, 3.05) is 0 Å². The Balaban J connectivity index is 2.73. The van der Waals surface area contributed by atoms with Gasteiger partial charge in [0.1, 0.15) is 0 Å². The third-order valence-corrected chi connectivity index (χ3v) is 3.99. The average Bonchev–Trinajstić information content (AvgIpc) is 2.59. The van der Waals surface area contributed by atoms with Crippen LogP contribution in [-0.2, 0) is 0 Å². The van der Waals surface area contributed by atoms with Crippen molar-refractivity contribution in [3.05, 3.63) is 69.8 Å². The molecule has 0 aromatic heterocycles. The minimum Gasteiger partial charge on any atom is -0.478 e. The highest BCUT2D eigenvalue weighted by molar-refractivity contribution is 5.95. The summed E-state index contributed by atoms with van der Waals surface area (Å²) in [4.78, 5) is 45.3. The fourth-order valence-corrected chi connectivity index (χ4v) is 2.67. The average molecular weight is 358 g/mol. The van der Waals surface area contributed by atoms with Crippen molar-refractivity contribution in [3.8, 4) is 0 Å². The van der Waals surface area contributed by atoms with Crippen LogP contribution >= 0.6 is 0 Å². The Kier molecular flexibility index (Phi) is 5.06. The van der Waals surface area contributed by atoms with E-state index in [0.717, 1.165) is 36.4 Å². The number of carbonyl (C=O) groups is 4. The van der Waals surface area contributed by atoms with Crippen molar-refractivity contribution in [1.29, 1.82) is 0 Å². The molecule has 0 saturated heterocycles. The number of hydrogen-bond donors (Lipinski definition) is 4. The molecule has 0 aliphatic rings. The zero-order valence-corrected chi connectivity index (χ0v) is 13.5. The topological polar surface area (TPSA) is 149 Å². The summed E-state index contributed by atoms with van der Waals surface area (Å²) in [5.74, 6) is -6.03. The maximum atomic E-state index is 11.5. The van der Waals surface area contributed by atoms with E-state index < -0.39 is 29.8 Å². The highest BCUT2D eigenvalue weighted by Gasteiger charge is 2.24. The summed E-state index contributed by atoms with van der Waals surface area (Å²) >= 11 is 0. The van der Waals surface area contributed by atoms with Gasteiger partial charge in [0, 0.05) is 5.92 Å². The van der Waals surface area contributed by atoms with Crippen molar-refractivity contribution < 1.29 is 39.6 Å². The van der Waals surface area contributed by atoms with E-state index in [0.29, 0.717) is 0 Å². The van der Waals surface area contributed by atoms with Crippen LogP contribution in [0.4, 0.5) is 0 Å². The summed E-state index contributed by atoms with van der Waals surface area (Å²) in [6.07, 6.45) is 0. The van der Waals surface area contributed by atoms with Gasteiger partial charge in [0.25, 0.3) is 0 Å². The van der Waals surface area contributed by atoms with E-state index in [1.807, 2.05) is 0 Å². The van der Waals surface area contributed by atoms with Crippen LogP contribution in [0.5, 0.6) is 0 Å². The third-order valence-electron chi connectivity index (χ3n) is 3.99. The maximum Gasteiger partial charge on any atom is 0.335 e. The van der Waals surface area contributed by atoms with Gasteiger partial charge in [-0.3, -0.25) is 0 Å². The summed E-state index contributed by atoms with van der Waals surface area (Å²) in [6.45, 7) is 1.49. The van der Waals surface area contributed by atoms with E-state index in [1.165, 1.54) is 6.92 Å². The number of hydrogen-bond acceptors (Lipinski definition) is 4. The molecule has 2 aromatic rings. The standard InChI is InChI=1S/C18H14O8/c1-8(13-6-9(15(19)20)2-4-11(13)17(23)24)14-7-10(16(21)22)3-5-12(14)18(25)26/h2-8H,1H3,(H,19,20)(H,21,22)(H,23,24)(H,25,26). The van der Waals surface area contributed by atoms with Gasteiger partial charge in [-0.2, -0.15) is 0 Å². The van der Waals surface area contributed by atoms with Crippen LogP contribution in [0.2, 0.25) is 0 Å². The molecule has 0 saturated carbocycles. The van der Waals surface area contributed by atoms with Gasteiger partial charge in [-0.05, 0) is 47.5 Å². The Bertz CT molecular complexity index is 853. The summed E-state index contributed by atoms with van der Waals surface area (Å²) in [6, 6.07) is 6.81. The van der Waals surface area contributed by atoms with E-state index in [9.17, 15) is 29.4 Å². The first-order valence-electron chi connectivity index (χ1n) is 7.34. The lowest BCUT2D eigenvalue weighted by molar-refractivity contribution is 0.0678. The molecule has 0 amide bonds. The molecule has 0 spiro atoms. The normalized spacial score (nSPS) is 10.5. The Morgan fingerprint density at radius 1 is 0.654 bits per heavy atom. The maximum absolute atomic E-state index is 11.5. The molecule has 8 heteroatoms. The molecule has 4 N–H and O–H groups in total. The van der Waals surface area contributed by atoms with Crippen LogP contribution in [-0.4, -0.2) is 44.3 Å². The van der Waals surface area contributed by atoms with Gasteiger partial charge < -0.3 is 20.4 Å². The van der Waals surface area contributed by atoms with Crippen molar-refractivity contribution in [1.82, 2.24) is 0 Å². The molecule has 0 aliphatic carbocycles. The van der Waals surface area contributed by atoms with Crippen LogP contribution < -0.4 is 0 Å². The lowest BCUT2D eigenvalue weighted by Crippen LogP contribution is -2.13. The van der Waals surface area contributed by atoms with Crippen molar-refractivity contribution >= 4 is 23.9 Å². The van der Waals surface area contributed by atoms with Crippen molar-refractivity contribution in [2.24, 2.45) is 0 Å². The summed E-state index contributed by atoms with van der Waals surface area (Å²) in [5, 5.41) is 37.0. The number of carboxylic acids is 4. The van der Waals surface area contributed by atoms with Gasteiger partial charge in [0.05, 0.1) is 22.3 Å². The van der Waals surface area contributed by atoms with Crippen LogP contribution in [0.3, 0.4) is 0 Å². The number of rotatable bonds is 6. The van der Waals surface area contributed by atoms with E-state index in [2.05, 4.69) is 0 Å². The SMILES string of the molecule is CC(c1cc(C(=O)O)ccc1C(=O)O)c1cc(C(=O)O)ccc1C(=O)O. The molecule has 0 radical (unpaired) electrons. The summed E-state index contributed by atoms with van der Waals surface area (Å²) in [5.41, 5.74) is -0.574. The van der Waals surface area contributed by atoms with E-state index in [1.54, 1.807) is 0 Å². The zero-order valence-electron chi connectivity index (χ0n) is 13.5. The number of carboxylic acid groups (broad SMARTS) is 4. The predicted molar refractivity (Wildman–Crippen MR) is 88.2 cm³/mol. The Labute approximate surface area is 147 Å². The molecule has 134 valence electrons. The van der Waals surface area contributed by atoms with Gasteiger partial charge >= 0.3 is 23.9 Å². The second-order valence-corrected chi connectivity index (χ2v) is 5.55. The van der Waals surface area contributed by atoms with Gasteiger partial charge in [-0.15, -0.1) is 0 Å². The van der Waals surface area contributed by atoms with Crippen molar-refractivity contribution in [2.45, 2.75) is 12.8 Å². The fraction of sp³-hybridized carbons (Fsp3) is 0.111. The predicted octanol–water partition coefficient (Wildman–Crippen LogP) is 2.63. The first kappa shape index (κ1) is 18.7. The molecule has 26 heavy (non-hydrogen) atoms. The van der Waals surface area contributed by atoms with Gasteiger partial charge in [-0.1, -0.05) is 6.92 Å². The third kappa shape index (κ3) is 3.54. The van der Waals surface area contributed by atoms with Gasteiger partial charge in [0.2, 0.25) is 0 Å². The Hall–Kier alpha value is -3.68. The molecular weight excluding hydrogens is 344 g/mol. The summed E-state index contributed by atoms with van der Waals surface area (Å²) in [7, 11) is 0. The quantitative estimate of drug-likeness (QED) is 0.615. The molecule has 2 aromatic carbocycles. The fourth-order valence-electron chi connectivity index (χ4n) is 2.67. The van der Waals surface area contributed by atoms with Crippen LogP contribution in [0.25, 0.3) is 0 Å². The smallest absolute Gasteiger partial charge is 0.335 e. The molecule has 0 bridgehead atoms. The molecule has 0 aliphatic heterocycles. The largest absolute Gasteiger partial charge is 0.478 e. The Morgan fingerprint density at radius 2 is 1.00 bits per heavy atom. The molecule has 0 atom stereocenters. The second-order valence-electron chi connectivity index (χ2n) is 5.55. The monoisotopic (exact) mass is 358 g/mol. The van der Waals surface area contributed by atoms with Crippen LogP contribution in [0.15, 0.2) is 36.4 Å². The highest BCUT2D eigenvalue weighted by Crippen LogP contribution is 2.31. The van der Waals surface area contributed by atoms with Crippen LogP contribution in [0, 0.1) is 0 Å². The zero-order chi connectivity index (χ0) is 19.6. The van der Waals surface area contributed by atoms with Gasteiger partial charge in [0.15, 0.2) is 0 Å². The van der Waals surface area contributed by atoms with Gasteiger partial charge in [-0.25, -0.2) is 19.2 Å². The lowest BCUT2D eigenvalue weighted by atomic mass is 9.85. The summed E-state index contributed by atoms with van der Waals surface area (Å²) < 4.78 is 0. The molecular formula is C18H14O8.